The van der Waals surface area contributed by atoms with Crippen LogP contribution in [0.5, 0.6) is 0 Å². The van der Waals surface area contributed by atoms with Crippen molar-refractivity contribution in [2.24, 2.45) is 0 Å². The quantitative estimate of drug-likeness (QED) is 0.153. The molecule has 60 heavy (non-hydrogen) atoms. The van der Waals surface area contributed by atoms with Gasteiger partial charge in [-0.15, -0.1) is 0 Å². The zero-order valence-electron chi connectivity index (χ0n) is 32.9. The number of furan rings is 1. The van der Waals surface area contributed by atoms with E-state index in [-0.39, 0.29) is 0 Å². The number of anilines is 3. The predicted molar refractivity (Wildman–Crippen MR) is 253 cm³/mol. The molecule has 1 aromatic heterocycles. The summed E-state index contributed by atoms with van der Waals surface area (Å²) < 4.78 is 6.50. The minimum absolute atomic E-state index is 0.855. The first-order chi connectivity index (χ1) is 29.8. The van der Waals surface area contributed by atoms with Crippen molar-refractivity contribution in [1.29, 1.82) is 0 Å². The highest BCUT2D eigenvalue weighted by Crippen LogP contribution is 2.49. The van der Waals surface area contributed by atoms with Gasteiger partial charge in [-0.25, -0.2) is 0 Å². The van der Waals surface area contributed by atoms with E-state index in [0.29, 0.717) is 0 Å². The minimum Gasteiger partial charge on any atom is -0.456 e. The molecule has 0 bridgehead atoms. The molecule has 2 heteroatoms. The maximum Gasteiger partial charge on any atom is 0.137 e. The van der Waals surface area contributed by atoms with Gasteiger partial charge in [0.15, 0.2) is 0 Å². The van der Waals surface area contributed by atoms with Gasteiger partial charge in [0.05, 0.1) is 16.8 Å². The van der Waals surface area contributed by atoms with Gasteiger partial charge in [0, 0.05) is 16.6 Å². The molecule has 0 aliphatic carbocycles. The van der Waals surface area contributed by atoms with E-state index in [2.05, 4.69) is 235 Å². The van der Waals surface area contributed by atoms with Crippen molar-refractivity contribution in [3.8, 4) is 55.6 Å². The molecule has 1 heterocycles. The highest BCUT2D eigenvalue weighted by Gasteiger charge is 2.24. The predicted octanol–water partition coefficient (Wildman–Crippen LogP) is 16.5. The van der Waals surface area contributed by atoms with Crippen LogP contribution in [0.4, 0.5) is 17.1 Å². The van der Waals surface area contributed by atoms with Crippen molar-refractivity contribution in [3.05, 3.63) is 237 Å². The van der Waals surface area contributed by atoms with Crippen molar-refractivity contribution in [1.82, 2.24) is 0 Å². The largest absolute Gasteiger partial charge is 0.456 e. The van der Waals surface area contributed by atoms with E-state index in [1.54, 1.807) is 0 Å². The standard InChI is InChI=1S/C58H39NO/c1-3-16-40(17-4-1)46-34-37-50(53(39-46)49-23-10-9-22-48(49)43-19-5-2-6-20-43)51-24-11-13-26-54(51)59(55-27-15-29-57-58(55)52-25-12-14-28-56(52)60-57)47-35-32-42(33-36-47)45-31-30-41-18-7-8-21-44(41)38-45/h1-39H. The Hall–Kier alpha value is -7.94. The molecule has 0 spiro atoms. The molecule has 0 aliphatic rings. The maximum absolute atomic E-state index is 6.50. The van der Waals surface area contributed by atoms with Crippen LogP contribution >= 0.6 is 0 Å². The van der Waals surface area contributed by atoms with Gasteiger partial charge in [-0.05, 0) is 109 Å². The number of fused-ring (bicyclic) bond motifs is 4. The fourth-order valence-corrected chi connectivity index (χ4v) is 8.82. The number of hydrogen-bond donors (Lipinski definition) is 0. The van der Waals surface area contributed by atoms with Crippen LogP contribution in [-0.4, -0.2) is 0 Å². The Bertz CT molecular complexity index is 3310. The lowest BCUT2D eigenvalue weighted by Crippen LogP contribution is -2.11. The lowest BCUT2D eigenvalue weighted by atomic mass is 9.86. The van der Waals surface area contributed by atoms with E-state index in [9.17, 15) is 0 Å². The van der Waals surface area contributed by atoms with E-state index < -0.39 is 0 Å². The number of hydrogen-bond acceptors (Lipinski definition) is 2. The zero-order valence-corrected chi connectivity index (χ0v) is 32.9. The number of rotatable bonds is 8. The van der Waals surface area contributed by atoms with Crippen LogP contribution in [0, 0.1) is 0 Å². The first kappa shape index (κ1) is 35.2. The summed E-state index contributed by atoms with van der Waals surface area (Å²) >= 11 is 0. The highest BCUT2D eigenvalue weighted by molar-refractivity contribution is 6.14. The zero-order chi connectivity index (χ0) is 39.8. The monoisotopic (exact) mass is 765 g/mol. The van der Waals surface area contributed by atoms with Crippen LogP contribution in [0.3, 0.4) is 0 Å². The van der Waals surface area contributed by atoms with Crippen LogP contribution in [0.15, 0.2) is 241 Å². The Morgan fingerprint density at radius 2 is 0.833 bits per heavy atom. The first-order valence-corrected chi connectivity index (χ1v) is 20.5. The summed E-state index contributed by atoms with van der Waals surface area (Å²) in [5, 5.41) is 4.64. The lowest BCUT2D eigenvalue weighted by molar-refractivity contribution is 0.669. The molecule has 11 aromatic rings. The Balaban J connectivity index is 1.15. The summed E-state index contributed by atoms with van der Waals surface area (Å²) in [6.07, 6.45) is 0. The third-order valence-corrected chi connectivity index (χ3v) is 11.7. The van der Waals surface area contributed by atoms with Gasteiger partial charge in [0.25, 0.3) is 0 Å². The Morgan fingerprint density at radius 3 is 1.65 bits per heavy atom. The molecular weight excluding hydrogens is 727 g/mol. The van der Waals surface area contributed by atoms with E-state index in [1.807, 2.05) is 6.07 Å². The summed E-state index contributed by atoms with van der Waals surface area (Å²) in [6, 6.07) is 85.0. The van der Waals surface area contributed by atoms with Gasteiger partial charge in [-0.2, -0.15) is 0 Å². The van der Waals surface area contributed by atoms with Crippen LogP contribution in [0.25, 0.3) is 88.3 Å². The van der Waals surface area contributed by atoms with Crippen molar-refractivity contribution in [3.63, 3.8) is 0 Å². The van der Waals surface area contributed by atoms with Crippen molar-refractivity contribution >= 4 is 49.8 Å². The van der Waals surface area contributed by atoms with Gasteiger partial charge in [-0.1, -0.05) is 188 Å². The van der Waals surface area contributed by atoms with Gasteiger partial charge in [0.1, 0.15) is 11.2 Å². The van der Waals surface area contributed by atoms with Crippen LogP contribution < -0.4 is 4.90 Å². The molecule has 282 valence electrons. The van der Waals surface area contributed by atoms with Gasteiger partial charge in [-0.3, -0.25) is 0 Å². The van der Waals surface area contributed by atoms with Gasteiger partial charge < -0.3 is 9.32 Å². The molecule has 0 unspecified atom stereocenters. The minimum atomic E-state index is 0.855. The van der Waals surface area contributed by atoms with Crippen LogP contribution in [0.1, 0.15) is 0 Å². The normalized spacial score (nSPS) is 11.3. The van der Waals surface area contributed by atoms with E-state index in [4.69, 9.17) is 4.42 Å². The second-order valence-electron chi connectivity index (χ2n) is 15.2. The fraction of sp³-hybridized carbons (Fsp3) is 0. The summed E-state index contributed by atoms with van der Waals surface area (Å²) in [5.41, 5.74) is 16.6. The highest BCUT2D eigenvalue weighted by atomic mass is 16.3. The smallest absolute Gasteiger partial charge is 0.137 e. The van der Waals surface area contributed by atoms with Crippen molar-refractivity contribution in [2.75, 3.05) is 4.90 Å². The van der Waals surface area contributed by atoms with Crippen LogP contribution in [-0.2, 0) is 0 Å². The Kier molecular flexibility index (Phi) is 8.87. The molecule has 0 aliphatic heterocycles. The summed E-state index contributed by atoms with van der Waals surface area (Å²) in [6.45, 7) is 0. The first-order valence-electron chi connectivity index (χ1n) is 20.5. The fourth-order valence-electron chi connectivity index (χ4n) is 8.82. The second kappa shape index (κ2) is 15.1. The Labute approximate surface area is 349 Å². The molecule has 2 nitrogen and oxygen atoms in total. The topological polar surface area (TPSA) is 16.4 Å². The molecule has 0 saturated carbocycles. The molecule has 0 radical (unpaired) electrons. The molecular formula is C58H39NO. The molecule has 0 amide bonds. The van der Waals surface area contributed by atoms with Crippen LogP contribution in [0.2, 0.25) is 0 Å². The Morgan fingerprint density at radius 1 is 0.283 bits per heavy atom. The average molecular weight is 766 g/mol. The maximum atomic E-state index is 6.50. The summed E-state index contributed by atoms with van der Waals surface area (Å²) in [7, 11) is 0. The summed E-state index contributed by atoms with van der Waals surface area (Å²) in [4.78, 5) is 2.42. The third kappa shape index (κ3) is 6.32. The van der Waals surface area contributed by atoms with Crippen molar-refractivity contribution < 1.29 is 4.42 Å². The lowest BCUT2D eigenvalue weighted by Gasteiger charge is -2.29. The molecule has 0 saturated heterocycles. The molecule has 0 atom stereocenters. The molecule has 0 N–H and O–H groups in total. The number of benzene rings is 10. The van der Waals surface area contributed by atoms with Gasteiger partial charge >= 0.3 is 0 Å². The van der Waals surface area contributed by atoms with Crippen molar-refractivity contribution in [2.45, 2.75) is 0 Å². The van der Waals surface area contributed by atoms with E-state index in [0.717, 1.165) is 50.1 Å². The number of nitrogens with zero attached hydrogens (tertiary/aromatic N) is 1. The summed E-state index contributed by atoms with van der Waals surface area (Å²) in [5.74, 6) is 0. The third-order valence-electron chi connectivity index (χ3n) is 11.7. The molecule has 10 aromatic carbocycles. The second-order valence-corrected chi connectivity index (χ2v) is 15.2. The SMILES string of the molecule is c1ccc(-c2ccc(-c3ccccc3N(c3ccc(-c4ccc5ccccc5c4)cc3)c3cccc4oc5ccccc5c34)c(-c3ccccc3-c3ccccc3)c2)cc1. The number of para-hydroxylation sites is 2. The average Bonchev–Trinajstić information content (AvgIpc) is 3.72. The van der Waals surface area contributed by atoms with E-state index >= 15 is 0 Å². The molecule has 0 fully saturated rings. The van der Waals surface area contributed by atoms with Gasteiger partial charge in [0.2, 0.25) is 0 Å². The van der Waals surface area contributed by atoms with E-state index in [1.165, 1.54) is 55.3 Å². The molecule has 11 rings (SSSR count).